The van der Waals surface area contributed by atoms with Gasteiger partial charge >= 0.3 is 0 Å². The van der Waals surface area contributed by atoms with Crippen molar-refractivity contribution in [3.8, 4) is 0 Å². The fourth-order valence-corrected chi connectivity index (χ4v) is 2.55. The number of amides is 2. The minimum Gasteiger partial charge on any atom is -0.332 e. The van der Waals surface area contributed by atoms with E-state index in [0.29, 0.717) is 17.7 Å². The van der Waals surface area contributed by atoms with Crippen molar-refractivity contribution in [1.29, 1.82) is 0 Å². The molecule has 0 saturated carbocycles. The van der Waals surface area contributed by atoms with Crippen LogP contribution in [0.3, 0.4) is 0 Å². The molecule has 0 atom stereocenters. The van der Waals surface area contributed by atoms with E-state index in [0.717, 1.165) is 16.8 Å². The quantitative estimate of drug-likeness (QED) is 0.730. The van der Waals surface area contributed by atoms with Gasteiger partial charge < -0.3 is 16.0 Å². The Bertz CT molecular complexity index is 781. The summed E-state index contributed by atoms with van der Waals surface area (Å²) in [6.45, 7) is 5.68. The summed E-state index contributed by atoms with van der Waals surface area (Å²) in [5.41, 5.74) is 4.13. The normalized spacial score (nSPS) is 10.0. The largest absolute Gasteiger partial charge is 0.332 e. The Kier molecular flexibility index (Phi) is 6.25. The van der Waals surface area contributed by atoms with E-state index in [1.807, 2.05) is 32.0 Å². The number of hydrogen-bond acceptors (Lipinski definition) is 3. The first-order valence-corrected chi connectivity index (χ1v) is 8.38. The molecule has 0 radical (unpaired) electrons. The van der Waals surface area contributed by atoms with Crippen molar-refractivity contribution in [2.75, 3.05) is 10.6 Å². The van der Waals surface area contributed by atoms with E-state index in [2.05, 4.69) is 16.0 Å². The van der Waals surface area contributed by atoms with Crippen LogP contribution < -0.4 is 16.0 Å². The Morgan fingerprint density at radius 2 is 1.44 bits per heavy atom. The van der Waals surface area contributed by atoms with Crippen LogP contribution >= 0.6 is 12.2 Å². The summed E-state index contributed by atoms with van der Waals surface area (Å²) in [5, 5.41) is 8.60. The SMILES string of the molecule is CCC(=O)NC(=S)Nc1ccc(NC(=O)c2cc(C)cc(C)c2)cc1. The minimum atomic E-state index is -0.154. The molecule has 2 rings (SSSR count). The highest BCUT2D eigenvalue weighted by Crippen LogP contribution is 2.16. The molecule has 0 unspecified atom stereocenters. The van der Waals surface area contributed by atoms with Crippen molar-refractivity contribution in [2.45, 2.75) is 27.2 Å². The molecule has 0 spiro atoms. The van der Waals surface area contributed by atoms with E-state index in [1.54, 1.807) is 31.2 Å². The summed E-state index contributed by atoms with van der Waals surface area (Å²) in [6.07, 6.45) is 0.366. The van der Waals surface area contributed by atoms with Crippen LogP contribution in [0.4, 0.5) is 11.4 Å². The number of nitrogens with one attached hydrogen (secondary N) is 3. The molecular weight excluding hydrogens is 334 g/mol. The lowest BCUT2D eigenvalue weighted by Crippen LogP contribution is -2.33. The smallest absolute Gasteiger partial charge is 0.255 e. The van der Waals surface area contributed by atoms with Gasteiger partial charge in [-0.15, -0.1) is 0 Å². The third-order valence-electron chi connectivity index (χ3n) is 3.46. The maximum Gasteiger partial charge on any atom is 0.255 e. The van der Waals surface area contributed by atoms with Gasteiger partial charge in [0.05, 0.1) is 0 Å². The van der Waals surface area contributed by atoms with Gasteiger partial charge in [0.25, 0.3) is 5.91 Å². The summed E-state index contributed by atoms with van der Waals surface area (Å²) in [6, 6.07) is 12.8. The van der Waals surface area contributed by atoms with E-state index < -0.39 is 0 Å². The molecule has 6 heteroatoms. The van der Waals surface area contributed by atoms with Crippen LogP contribution in [0.25, 0.3) is 0 Å². The zero-order valence-electron chi connectivity index (χ0n) is 14.5. The molecule has 0 aliphatic rings. The van der Waals surface area contributed by atoms with Crippen molar-refractivity contribution in [2.24, 2.45) is 0 Å². The third kappa shape index (κ3) is 5.69. The average Bonchev–Trinajstić information content (AvgIpc) is 2.55. The van der Waals surface area contributed by atoms with E-state index in [1.165, 1.54) is 0 Å². The first-order chi connectivity index (χ1) is 11.9. The standard InChI is InChI=1S/C19H21N3O2S/c1-4-17(23)22-19(25)21-16-7-5-15(6-8-16)20-18(24)14-10-12(2)9-13(3)11-14/h5-11H,4H2,1-3H3,(H,20,24)(H2,21,22,23,25). The molecule has 130 valence electrons. The summed E-state index contributed by atoms with van der Waals surface area (Å²) in [7, 11) is 0. The summed E-state index contributed by atoms with van der Waals surface area (Å²) >= 11 is 5.06. The van der Waals surface area contributed by atoms with Crippen molar-refractivity contribution in [1.82, 2.24) is 5.32 Å². The lowest BCUT2D eigenvalue weighted by atomic mass is 10.1. The molecule has 0 aliphatic heterocycles. The summed E-state index contributed by atoms with van der Waals surface area (Å²) in [4.78, 5) is 23.6. The van der Waals surface area contributed by atoms with Crippen molar-refractivity contribution in [3.05, 3.63) is 59.2 Å². The third-order valence-corrected chi connectivity index (χ3v) is 3.66. The predicted molar refractivity (Wildman–Crippen MR) is 105 cm³/mol. The maximum absolute atomic E-state index is 12.3. The Morgan fingerprint density at radius 1 is 0.920 bits per heavy atom. The first-order valence-electron chi connectivity index (χ1n) is 7.98. The molecule has 0 heterocycles. The number of hydrogen-bond donors (Lipinski definition) is 3. The van der Waals surface area contributed by atoms with Crippen LogP contribution in [0.5, 0.6) is 0 Å². The monoisotopic (exact) mass is 355 g/mol. The highest BCUT2D eigenvalue weighted by molar-refractivity contribution is 7.80. The van der Waals surface area contributed by atoms with Gasteiger partial charge in [-0.1, -0.05) is 24.1 Å². The zero-order valence-corrected chi connectivity index (χ0v) is 15.3. The number of anilines is 2. The Labute approximate surface area is 152 Å². The molecule has 2 amide bonds. The number of carbonyl (C=O) groups is 2. The molecule has 25 heavy (non-hydrogen) atoms. The van der Waals surface area contributed by atoms with Gasteiger partial charge in [0.1, 0.15) is 0 Å². The highest BCUT2D eigenvalue weighted by atomic mass is 32.1. The lowest BCUT2D eigenvalue weighted by Gasteiger charge is -2.10. The van der Waals surface area contributed by atoms with Crippen molar-refractivity contribution >= 4 is 40.5 Å². The van der Waals surface area contributed by atoms with Crippen LogP contribution in [0.2, 0.25) is 0 Å². The number of benzene rings is 2. The Balaban J connectivity index is 1.99. The maximum atomic E-state index is 12.3. The first kappa shape index (κ1) is 18.6. The highest BCUT2D eigenvalue weighted by Gasteiger charge is 2.08. The van der Waals surface area contributed by atoms with Crippen LogP contribution in [-0.4, -0.2) is 16.9 Å². The second-order valence-electron chi connectivity index (χ2n) is 5.76. The van der Waals surface area contributed by atoms with Gasteiger partial charge in [-0.2, -0.15) is 0 Å². The van der Waals surface area contributed by atoms with E-state index in [4.69, 9.17) is 12.2 Å². The molecular formula is C19H21N3O2S. The van der Waals surface area contributed by atoms with Crippen LogP contribution in [0, 0.1) is 13.8 Å². The van der Waals surface area contributed by atoms with Gasteiger partial charge in [0.2, 0.25) is 5.91 Å². The second-order valence-corrected chi connectivity index (χ2v) is 6.17. The van der Waals surface area contributed by atoms with Gasteiger partial charge in [-0.05, 0) is 62.5 Å². The van der Waals surface area contributed by atoms with Crippen LogP contribution in [0.15, 0.2) is 42.5 Å². The van der Waals surface area contributed by atoms with E-state index in [-0.39, 0.29) is 16.9 Å². The molecule has 3 N–H and O–H groups in total. The van der Waals surface area contributed by atoms with E-state index in [9.17, 15) is 9.59 Å². The fraction of sp³-hybridized carbons (Fsp3) is 0.211. The molecule has 0 aromatic heterocycles. The summed E-state index contributed by atoms with van der Waals surface area (Å²) in [5.74, 6) is -0.298. The summed E-state index contributed by atoms with van der Waals surface area (Å²) < 4.78 is 0. The van der Waals surface area contributed by atoms with Crippen LogP contribution in [-0.2, 0) is 4.79 Å². The molecule has 2 aromatic rings. The van der Waals surface area contributed by atoms with E-state index >= 15 is 0 Å². The van der Waals surface area contributed by atoms with Gasteiger partial charge in [-0.25, -0.2) is 0 Å². The average molecular weight is 355 g/mol. The lowest BCUT2D eigenvalue weighted by molar-refractivity contribution is -0.119. The number of rotatable bonds is 4. The second kappa shape index (κ2) is 8.39. The zero-order chi connectivity index (χ0) is 18.4. The van der Waals surface area contributed by atoms with Crippen molar-refractivity contribution < 1.29 is 9.59 Å². The number of carbonyl (C=O) groups excluding carboxylic acids is 2. The topological polar surface area (TPSA) is 70.2 Å². The van der Waals surface area contributed by atoms with Crippen LogP contribution in [0.1, 0.15) is 34.8 Å². The van der Waals surface area contributed by atoms with Crippen molar-refractivity contribution in [3.63, 3.8) is 0 Å². The molecule has 0 bridgehead atoms. The fourth-order valence-electron chi connectivity index (χ4n) is 2.32. The predicted octanol–water partition coefficient (Wildman–Crippen LogP) is 3.78. The molecule has 0 aliphatic carbocycles. The minimum absolute atomic E-state index is 0.144. The molecule has 2 aromatic carbocycles. The van der Waals surface area contributed by atoms with Gasteiger partial charge in [0, 0.05) is 23.4 Å². The Morgan fingerprint density at radius 3 is 1.96 bits per heavy atom. The molecule has 0 saturated heterocycles. The number of aryl methyl sites for hydroxylation is 2. The van der Waals surface area contributed by atoms with Gasteiger partial charge in [-0.3, -0.25) is 9.59 Å². The molecule has 0 fully saturated rings. The molecule has 5 nitrogen and oxygen atoms in total. The van der Waals surface area contributed by atoms with Gasteiger partial charge in [0.15, 0.2) is 5.11 Å². The number of thiocarbonyl (C=S) groups is 1. The Hall–Kier alpha value is -2.73.